The van der Waals surface area contributed by atoms with Gasteiger partial charge >= 0.3 is 0 Å². The van der Waals surface area contributed by atoms with Gasteiger partial charge in [-0.05, 0) is 18.7 Å². The van der Waals surface area contributed by atoms with Crippen LogP contribution in [0.4, 0.5) is 4.39 Å². The van der Waals surface area contributed by atoms with Crippen LogP contribution in [0.15, 0.2) is 24.3 Å². The van der Waals surface area contributed by atoms with Gasteiger partial charge in [0.25, 0.3) is 5.91 Å². The zero-order chi connectivity index (χ0) is 17.4. The van der Waals surface area contributed by atoms with Crippen molar-refractivity contribution in [1.82, 2.24) is 29.6 Å². The van der Waals surface area contributed by atoms with Gasteiger partial charge in [0.15, 0.2) is 5.01 Å². The molecule has 1 saturated heterocycles. The maximum Gasteiger partial charge on any atom is 0.293 e. The zero-order valence-corrected chi connectivity index (χ0v) is 14.5. The first-order valence-corrected chi connectivity index (χ1v) is 8.98. The minimum atomic E-state index is -0.351. The Kier molecular flexibility index (Phi) is 4.18. The first kappa shape index (κ1) is 16.1. The van der Waals surface area contributed by atoms with E-state index >= 15 is 0 Å². The van der Waals surface area contributed by atoms with Crippen molar-refractivity contribution >= 4 is 22.2 Å². The molecule has 1 fully saturated rings. The fraction of sp³-hybridized carbons (Fsp3) is 0.375. The number of aromatic nitrogens is 4. The highest BCUT2D eigenvalue weighted by atomic mass is 32.1. The number of carbonyl (C=O) groups is 1. The van der Waals surface area contributed by atoms with E-state index in [2.05, 4.69) is 27.1 Å². The smallest absolute Gasteiger partial charge is 0.293 e. The van der Waals surface area contributed by atoms with Crippen molar-refractivity contribution < 1.29 is 9.18 Å². The van der Waals surface area contributed by atoms with Gasteiger partial charge in [0.1, 0.15) is 5.82 Å². The van der Waals surface area contributed by atoms with E-state index in [0.29, 0.717) is 28.6 Å². The van der Waals surface area contributed by atoms with Gasteiger partial charge < -0.3 is 9.80 Å². The van der Waals surface area contributed by atoms with Crippen LogP contribution in [0.25, 0.3) is 15.5 Å². The summed E-state index contributed by atoms with van der Waals surface area (Å²) in [5.74, 6) is -0.358. The Hall–Kier alpha value is -2.39. The van der Waals surface area contributed by atoms with Crippen LogP contribution < -0.4 is 0 Å². The molecule has 0 unspecified atom stereocenters. The monoisotopic (exact) mass is 360 g/mol. The summed E-state index contributed by atoms with van der Waals surface area (Å²) in [5.41, 5.74) is 0.396. The summed E-state index contributed by atoms with van der Waals surface area (Å²) in [6.07, 6.45) is 0. The van der Waals surface area contributed by atoms with Crippen LogP contribution in [0.5, 0.6) is 0 Å². The van der Waals surface area contributed by atoms with Crippen molar-refractivity contribution in [1.29, 1.82) is 0 Å². The number of carbonyl (C=O) groups excluding carboxylic acids is 1. The number of piperazine rings is 1. The van der Waals surface area contributed by atoms with Crippen LogP contribution in [-0.4, -0.2) is 68.2 Å². The van der Waals surface area contributed by atoms with Gasteiger partial charge in [-0.1, -0.05) is 30.4 Å². The van der Waals surface area contributed by atoms with E-state index in [-0.39, 0.29) is 17.5 Å². The number of halogens is 1. The second-order valence-electron chi connectivity index (χ2n) is 5.83. The molecule has 0 saturated carbocycles. The lowest BCUT2D eigenvalue weighted by Crippen LogP contribution is -2.48. The number of hydrogen-bond acceptors (Lipinski definition) is 6. The molecular formula is C16H17FN6OS. The highest BCUT2D eigenvalue weighted by Crippen LogP contribution is 2.27. The number of rotatable bonds is 3. The largest absolute Gasteiger partial charge is 0.333 e. The Morgan fingerprint density at radius 3 is 2.68 bits per heavy atom. The Bertz CT molecular complexity index is 914. The molecule has 9 heteroatoms. The van der Waals surface area contributed by atoms with Gasteiger partial charge in [-0.25, -0.2) is 4.39 Å². The summed E-state index contributed by atoms with van der Waals surface area (Å²) in [6, 6.07) is 6.42. The molecule has 1 aromatic carbocycles. The quantitative estimate of drug-likeness (QED) is 0.712. The van der Waals surface area contributed by atoms with Crippen LogP contribution in [0, 0.1) is 5.82 Å². The first-order valence-electron chi connectivity index (χ1n) is 8.16. The minimum Gasteiger partial charge on any atom is -0.333 e. The van der Waals surface area contributed by atoms with E-state index in [4.69, 9.17) is 0 Å². The highest BCUT2D eigenvalue weighted by Gasteiger charge is 2.26. The number of amides is 1. The van der Waals surface area contributed by atoms with Crippen LogP contribution in [0.2, 0.25) is 0 Å². The lowest BCUT2D eigenvalue weighted by Gasteiger charge is -2.33. The third-order valence-electron chi connectivity index (χ3n) is 4.39. The van der Waals surface area contributed by atoms with Crippen molar-refractivity contribution in [3.8, 4) is 10.6 Å². The summed E-state index contributed by atoms with van der Waals surface area (Å²) < 4.78 is 15.4. The average Bonchev–Trinajstić information content (AvgIpc) is 3.22. The lowest BCUT2D eigenvalue weighted by molar-refractivity contribution is 0.0628. The van der Waals surface area contributed by atoms with E-state index in [1.807, 2.05) is 0 Å². The summed E-state index contributed by atoms with van der Waals surface area (Å²) in [6.45, 7) is 6.11. The van der Waals surface area contributed by atoms with Gasteiger partial charge in [0.05, 0.1) is 0 Å². The zero-order valence-electron chi connectivity index (χ0n) is 13.7. The van der Waals surface area contributed by atoms with Crippen molar-refractivity contribution in [2.24, 2.45) is 0 Å². The maximum absolute atomic E-state index is 14.0. The Morgan fingerprint density at radius 2 is 1.96 bits per heavy atom. The minimum absolute atomic E-state index is 0.179. The van der Waals surface area contributed by atoms with E-state index < -0.39 is 0 Å². The molecule has 7 nitrogen and oxygen atoms in total. The van der Waals surface area contributed by atoms with Crippen LogP contribution in [0.1, 0.15) is 17.5 Å². The van der Waals surface area contributed by atoms with E-state index in [0.717, 1.165) is 19.6 Å². The van der Waals surface area contributed by atoms with Crippen molar-refractivity contribution in [2.45, 2.75) is 6.92 Å². The molecule has 130 valence electrons. The molecule has 3 aromatic rings. The third-order valence-corrected chi connectivity index (χ3v) is 5.33. The van der Waals surface area contributed by atoms with E-state index in [1.165, 1.54) is 21.9 Å². The first-order chi connectivity index (χ1) is 12.2. The summed E-state index contributed by atoms with van der Waals surface area (Å²) in [4.78, 5) is 17.3. The van der Waals surface area contributed by atoms with E-state index in [1.54, 1.807) is 23.1 Å². The van der Waals surface area contributed by atoms with Crippen molar-refractivity contribution in [3.63, 3.8) is 0 Å². The third kappa shape index (κ3) is 2.89. The molecule has 0 radical (unpaired) electrons. The molecule has 1 aliphatic heterocycles. The molecule has 0 atom stereocenters. The average molecular weight is 360 g/mol. The molecule has 4 rings (SSSR count). The van der Waals surface area contributed by atoms with E-state index in [9.17, 15) is 9.18 Å². The fourth-order valence-corrected chi connectivity index (χ4v) is 3.77. The van der Waals surface area contributed by atoms with Gasteiger partial charge in [-0.2, -0.15) is 9.61 Å². The summed E-state index contributed by atoms with van der Waals surface area (Å²) in [5, 5.41) is 12.9. The second kappa shape index (κ2) is 6.49. The molecular weight excluding hydrogens is 343 g/mol. The number of fused-ring (bicyclic) bond motifs is 1. The van der Waals surface area contributed by atoms with Gasteiger partial charge in [0.2, 0.25) is 10.8 Å². The molecule has 1 aliphatic rings. The SMILES string of the molecule is CCN1CCN(C(=O)c2nnc3sc(-c4ccccc4F)nn23)CC1. The van der Waals surface area contributed by atoms with Crippen LogP contribution in [0.3, 0.4) is 0 Å². The Morgan fingerprint density at radius 1 is 1.20 bits per heavy atom. The van der Waals surface area contributed by atoms with Crippen LogP contribution in [-0.2, 0) is 0 Å². The molecule has 0 N–H and O–H groups in total. The maximum atomic E-state index is 14.0. The van der Waals surface area contributed by atoms with Gasteiger partial charge in [-0.3, -0.25) is 4.79 Å². The molecule has 25 heavy (non-hydrogen) atoms. The second-order valence-corrected chi connectivity index (χ2v) is 6.79. The lowest BCUT2D eigenvalue weighted by atomic mass is 10.2. The number of benzene rings is 1. The molecule has 0 spiro atoms. The van der Waals surface area contributed by atoms with Gasteiger partial charge in [0, 0.05) is 31.7 Å². The standard InChI is InChI=1S/C16H17FN6OS/c1-2-21-7-9-22(10-8-21)15(24)13-18-19-16-23(13)20-14(25-16)11-5-3-4-6-12(11)17/h3-6H,2,7-10H2,1H3. The van der Waals surface area contributed by atoms with Crippen LogP contribution >= 0.6 is 11.3 Å². The van der Waals surface area contributed by atoms with Crippen molar-refractivity contribution in [2.75, 3.05) is 32.7 Å². The molecule has 2 aromatic heterocycles. The number of nitrogens with zero attached hydrogens (tertiary/aromatic N) is 6. The normalized spacial score (nSPS) is 15.8. The molecule has 0 bridgehead atoms. The summed E-state index contributed by atoms with van der Waals surface area (Å²) >= 11 is 1.21. The Balaban J connectivity index is 1.63. The Labute approximate surface area is 147 Å². The topological polar surface area (TPSA) is 66.6 Å². The van der Waals surface area contributed by atoms with Crippen molar-refractivity contribution in [3.05, 3.63) is 35.9 Å². The number of likely N-dealkylation sites (N-methyl/N-ethyl adjacent to an activating group) is 1. The predicted molar refractivity (Wildman–Crippen MR) is 92.1 cm³/mol. The van der Waals surface area contributed by atoms with Gasteiger partial charge in [-0.15, -0.1) is 10.2 Å². The molecule has 0 aliphatic carbocycles. The number of hydrogen-bond donors (Lipinski definition) is 0. The summed E-state index contributed by atoms with van der Waals surface area (Å²) in [7, 11) is 0. The predicted octanol–water partition coefficient (Wildman–Crippen LogP) is 1.77. The fourth-order valence-electron chi connectivity index (χ4n) is 2.90. The molecule has 1 amide bonds. The highest BCUT2D eigenvalue weighted by molar-refractivity contribution is 7.19. The molecule has 3 heterocycles.